The number of aromatic nitrogens is 3. The first-order valence-electron chi connectivity index (χ1n) is 7.66. The maximum atomic E-state index is 11.5. The van der Waals surface area contributed by atoms with Crippen LogP contribution >= 0.6 is 0 Å². The van der Waals surface area contributed by atoms with E-state index >= 15 is 0 Å². The maximum Gasteiger partial charge on any atom is 0.409 e. The Balaban J connectivity index is 1.69. The Kier molecular flexibility index (Phi) is 4.18. The quantitative estimate of drug-likeness (QED) is 0.845. The van der Waals surface area contributed by atoms with Gasteiger partial charge in [0.15, 0.2) is 0 Å². The third-order valence-electron chi connectivity index (χ3n) is 4.02. The number of aryl methyl sites for hydroxylation is 2. The summed E-state index contributed by atoms with van der Waals surface area (Å²) in [5, 5.41) is 4.47. The van der Waals surface area contributed by atoms with Gasteiger partial charge in [-0.05, 0) is 32.0 Å². The second-order valence-corrected chi connectivity index (χ2v) is 5.66. The van der Waals surface area contributed by atoms with Gasteiger partial charge >= 0.3 is 6.09 Å². The van der Waals surface area contributed by atoms with Crippen molar-refractivity contribution in [3.63, 3.8) is 0 Å². The zero-order chi connectivity index (χ0) is 16.4. The summed E-state index contributed by atoms with van der Waals surface area (Å²) in [4.78, 5) is 19.9. The Morgan fingerprint density at radius 1 is 1.17 bits per heavy atom. The highest BCUT2D eigenvalue weighted by Gasteiger charge is 2.22. The third-order valence-corrected chi connectivity index (χ3v) is 4.02. The van der Waals surface area contributed by atoms with Crippen LogP contribution in [0.1, 0.15) is 11.4 Å². The molecule has 3 rings (SSSR count). The highest BCUT2D eigenvalue weighted by atomic mass is 16.5. The number of anilines is 1. The summed E-state index contributed by atoms with van der Waals surface area (Å²) in [6, 6.07) is 6.06. The molecule has 0 bridgehead atoms. The predicted octanol–water partition coefficient (Wildman–Crippen LogP) is 1.77. The van der Waals surface area contributed by atoms with Crippen LogP contribution in [0.15, 0.2) is 24.4 Å². The lowest BCUT2D eigenvalue weighted by atomic mass is 10.3. The Bertz CT molecular complexity index is 687. The van der Waals surface area contributed by atoms with Gasteiger partial charge in [0.25, 0.3) is 0 Å². The minimum Gasteiger partial charge on any atom is -0.453 e. The van der Waals surface area contributed by atoms with Crippen LogP contribution in [0.3, 0.4) is 0 Å². The predicted molar refractivity (Wildman–Crippen MR) is 87.0 cm³/mol. The minimum atomic E-state index is -0.266. The van der Waals surface area contributed by atoms with E-state index in [4.69, 9.17) is 4.74 Å². The number of rotatable bonds is 2. The van der Waals surface area contributed by atoms with Crippen molar-refractivity contribution in [1.29, 1.82) is 0 Å². The number of ether oxygens (including phenoxy) is 1. The van der Waals surface area contributed by atoms with Crippen molar-refractivity contribution >= 4 is 11.9 Å². The largest absolute Gasteiger partial charge is 0.453 e. The van der Waals surface area contributed by atoms with Crippen molar-refractivity contribution in [2.24, 2.45) is 0 Å². The molecule has 0 radical (unpaired) electrons. The van der Waals surface area contributed by atoms with Gasteiger partial charge < -0.3 is 14.5 Å². The number of amides is 1. The molecule has 0 unspecified atom stereocenters. The average Bonchev–Trinajstić information content (AvgIpc) is 2.93. The van der Waals surface area contributed by atoms with Crippen molar-refractivity contribution < 1.29 is 9.53 Å². The Labute approximate surface area is 135 Å². The van der Waals surface area contributed by atoms with E-state index < -0.39 is 0 Å². The molecular formula is C16H21N5O2. The molecule has 0 spiro atoms. The van der Waals surface area contributed by atoms with Crippen molar-refractivity contribution in [3.05, 3.63) is 35.8 Å². The van der Waals surface area contributed by atoms with Crippen LogP contribution in [0.5, 0.6) is 0 Å². The topological polar surface area (TPSA) is 63.5 Å². The Morgan fingerprint density at radius 3 is 2.43 bits per heavy atom. The van der Waals surface area contributed by atoms with Crippen molar-refractivity contribution in [2.75, 3.05) is 38.2 Å². The molecule has 1 aliphatic rings. The molecule has 1 aliphatic heterocycles. The Hall–Kier alpha value is -2.57. The zero-order valence-electron chi connectivity index (χ0n) is 13.7. The molecular weight excluding hydrogens is 294 g/mol. The van der Waals surface area contributed by atoms with E-state index in [9.17, 15) is 4.79 Å². The Morgan fingerprint density at radius 2 is 1.91 bits per heavy atom. The SMILES string of the molecule is COC(=O)N1CCN(c2ccc(-n3nc(C)cc3C)cn2)CC1. The van der Waals surface area contributed by atoms with Gasteiger partial charge in [0.2, 0.25) is 0 Å². The van der Waals surface area contributed by atoms with Crippen LogP contribution in [0.2, 0.25) is 0 Å². The summed E-state index contributed by atoms with van der Waals surface area (Å²) in [5.41, 5.74) is 3.03. The van der Waals surface area contributed by atoms with Gasteiger partial charge in [-0.3, -0.25) is 0 Å². The molecule has 0 N–H and O–H groups in total. The summed E-state index contributed by atoms with van der Waals surface area (Å²) < 4.78 is 6.64. The first kappa shape index (κ1) is 15.3. The number of carbonyl (C=O) groups is 1. The summed E-state index contributed by atoms with van der Waals surface area (Å²) in [7, 11) is 1.41. The molecule has 0 saturated carbocycles. The van der Waals surface area contributed by atoms with Gasteiger partial charge in [0.05, 0.1) is 24.7 Å². The smallest absolute Gasteiger partial charge is 0.409 e. The van der Waals surface area contributed by atoms with Gasteiger partial charge in [0, 0.05) is 31.9 Å². The molecule has 0 atom stereocenters. The van der Waals surface area contributed by atoms with Gasteiger partial charge in [-0.2, -0.15) is 5.10 Å². The van der Waals surface area contributed by atoms with E-state index in [1.165, 1.54) is 7.11 Å². The molecule has 2 aromatic heterocycles. The average molecular weight is 315 g/mol. The molecule has 122 valence electrons. The van der Waals surface area contributed by atoms with Gasteiger partial charge in [0.1, 0.15) is 5.82 Å². The molecule has 3 heterocycles. The molecule has 7 heteroatoms. The molecule has 2 aromatic rings. The molecule has 1 fully saturated rings. The summed E-state index contributed by atoms with van der Waals surface area (Å²) in [6.45, 7) is 6.80. The highest BCUT2D eigenvalue weighted by Crippen LogP contribution is 2.17. The fraction of sp³-hybridized carbons (Fsp3) is 0.438. The maximum absolute atomic E-state index is 11.5. The standard InChI is InChI=1S/C16H21N5O2/c1-12-10-13(2)21(18-12)14-4-5-15(17-11-14)19-6-8-20(9-7-19)16(22)23-3/h4-5,10-11H,6-9H2,1-3H3. The number of methoxy groups -OCH3 is 1. The fourth-order valence-electron chi connectivity index (χ4n) is 2.83. The summed E-state index contributed by atoms with van der Waals surface area (Å²) in [6.07, 6.45) is 1.57. The molecule has 0 aliphatic carbocycles. The van der Waals surface area contributed by atoms with Crippen LogP contribution in [0.4, 0.5) is 10.6 Å². The highest BCUT2D eigenvalue weighted by molar-refractivity contribution is 5.67. The number of pyridine rings is 1. The number of hydrogen-bond acceptors (Lipinski definition) is 5. The van der Waals surface area contributed by atoms with E-state index in [2.05, 4.69) is 15.0 Å². The molecule has 1 amide bonds. The fourth-order valence-corrected chi connectivity index (χ4v) is 2.83. The second kappa shape index (κ2) is 6.28. The van der Waals surface area contributed by atoms with Gasteiger partial charge in [-0.25, -0.2) is 14.5 Å². The third kappa shape index (κ3) is 3.13. The monoisotopic (exact) mass is 315 g/mol. The van der Waals surface area contributed by atoms with Gasteiger partial charge in [-0.15, -0.1) is 0 Å². The van der Waals surface area contributed by atoms with Crippen molar-refractivity contribution in [3.8, 4) is 5.69 Å². The van der Waals surface area contributed by atoms with E-state index in [-0.39, 0.29) is 6.09 Å². The number of nitrogens with zero attached hydrogens (tertiary/aromatic N) is 5. The van der Waals surface area contributed by atoms with Crippen LogP contribution in [-0.2, 0) is 4.74 Å². The normalized spacial score (nSPS) is 14.9. The molecule has 7 nitrogen and oxygen atoms in total. The van der Waals surface area contributed by atoms with Crippen LogP contribution < -0.4 is 4.90 Å². The van der Waals surface area contributed by atoms with E-state index in [1.54, 1.807) is 4.90 Å². The number of hydrogen-bond donors (Lipinski definition) is 0. The second-order valence-electron chi connectivity index (χ2n) is 5.66. The molecule has 1 saturated heterocycles. The summed E-state index contributed by atoms with van der Waals surface area (Å²) >= 11 is 0. The van der Waals surface area contributed by atoms with E-state index in [1.807, 2.05) is 42.9 Å². The number of carbonyl (C=O) groups excluding carboxylic acids is 1. The van der Waals surface area contributed by atoms with E-state index in [0.717, 1.165) is 36.0 Å². The van der Waals surface area contributed by atoms with E-state index in [0.29, 0.717) is 13.1 Å². The van der Waals surface area contributed by atoms with Crippen molar-refractivity contribution in [2.45, 2.75) is 13.8 Å². The van der Waals surface area contributed by atoms with Crippen LogP contribution in [0.25, 0.3) is 5.69 Å². The summed E-state index contributed by atoms with van der Waals surface area (Å²) in [5.74, 6) is 0.916. The zero-order valence-corrected chi connectivity index (χ0v) is 13.7. The first-order valence-corrected chi connectivity index (χ1v) is 7.66. The molecule has 23 heavy (non-hydrogen) atoms. The van der Waals surface area contributed by atoms with Crippen molar-refractivity contribution in [1.82, 2.24) is 19.7 Å². The lowest BCUT2D eigenvalue weighted by Crippen LogP contribution is -2.49. The molecule has 0 aromatic carbocycles. The van der Waals surface area contributed by atoms with Crippen LogP contribution in [0, 0.1) is 13.8 Å². The lowest BCUT2D eigenvalue weighted by Gasteiger charge is -2.34. The minimum absolute atomic E-state index is 0.266. The lowest BCUT2D eigenvalue weighted by molar-refractivity contribution is 0.121. The first-order chi connectivity index (χ1) is 11.1. The van der Waals surface area contributed by atoms with Gasteiger partial charge in [-0.1, -0.05) is 0 Å². The van der Waals surface area contributed by atoms with Crippen LogP contribution in [-0.4, -0.2) is 59.0 Å². The number of piperazine rings is 1.